The van der Waals surface area contributed by atoms with Crippen LogP contribution >= 0.6 is 15.9 Å². The second-order valence-corrected chi connectivity index (χ2v) is 5.33. The van der Waals surface area contributed by atoms with Gasteiger partial charge in [0.1, 0.15) is 0 Å². The van der Waals surface area contributed by atoms with Crippen molar-refractivity contribution in [3.8, 4) is 0 Å². The monoisotopic (exact) mass is 306 g/mol. The fourth-order valence-corrected chi connectivity index (χ4v) is 2.63. The van der Waals surface area contributed by atoms with Crippen LogP contribution in [0.4, 0.5) is 0 Å². The topological polar surface area (TPSA) is 17.0 Å². The molecule has 0 amide bonds. The minimum Gasteiger partial charge on any atom is -0.354 e. The molecule has 0 aliphatic carbocycles. The van der Waals surface area contributed by atoms with Gasteiger partial charge in [0.25, 0.3) is 0 Å². The molecule has 0 aliphatic heterocycles. The van der Waals surface area contributed by atoms with Crippen molar-refractivity contribution in [3.05, 3.63) is 58.3 Å². The number of halogens is 1. The van der Waals surface area contributed by atoms with Gasteiger partial charge in [-0.25, -0.2) is 0 Å². The lowest BCUT2D eigenvalue weighted by Gasteiger charge is -2.15. The van der Waals surface area contributed by atoms with Gasteiger partial charge >= 0.3 is 0 Å². The van der Waals surface area contributed by atoms with Crippen LogP contribution in [0, 0.1) is 0 Å². The van der Waals surface area contributed by atoms with E-state index in [1.165, 1.54) is 11.1 Å². The van der Waals surface area contributed by atoms with Crippen molar-refractivity contribution in [1.29, 1.82) is 0 Å². The van der Waals surface area contributed by atoms with Gasteiger partial charge in [0.05, 0.1) is 0 Å². The molecule has 1 atom stereocenters. The molecule has 0 spiro atoms. The molecule has 3 heteroatoms. The van der Waals surface area contributed by atoms with E-state index in [1.54, 1.807) is 0 Å². The molecule has 2 nitrogen and oxygen atoms in total. The van der Waals surface area contributed by atoms with Crippen molar-refractivity contribution in [2.75, 3.05) is 0 Å². The summed E-state index contributed by atoms with van der Waals surface area (Å²) in [6.45, 7) is 6.27. The molecule has 1 heterocycles. The molecule has 1 aromatic heterocycles. The molecule has 2 rings (SSSR count). The number of aryl methyl sites for hydroxylation is 1. The van der Waals surface area contributed by atoms with E-state index in [-0.39, 0.29) is 0 Å². The molecule has 0 unspecified atom stereocenters. The third-order valence-electron chi connectivity index (χ3n) is 3.16. The molecule has 0 saturated carbocycles. The summed E-state index contributed by atoms with van der Waals surface area (Å²) in [5.74, 6) is 0. The highest BCUT2D eigenvalue weighted by Crippen LogP contribution is 2.22. The summed E-state index contributed by atoms with van der Waals surface area (Å²) < 4.78 is 3.36. The zero-order valence-electron chi connectivity index (χ0n) is 10.9. The normalized spacial score (nSPS) is 12.6. The van der Waals surface area contributed by atoms with Crippen molar-refractivity contribution in [2.24, 2.45) is 0 Å². The van der Waals surface area contributed by atoms with E-state index in [9.17, 15) is 0 Å². The van der Waals surface area contributed by atoms with Crippen LogP contribution in [0.2, 0.25) is 0 Å². The molecule has 18 heavy (non-hydrogen) atoms. The first-order valence-corrected chi connectivity index (χ1v) is 7.12. The van der Waals surface area contributed by atoms with Crippen LogP contribution in [-0.2, 0) is 13.1 Å². The lowest BCUT2D eigenvalue weighted by molar-refractivity contribution is 0.572. The number of nitrogens with one attached hydrogen (secondary N) is 1. The lowest BCUT2D eigenvalue weighted by Crippen LogP contribution is -2.18. The Hall–Kier alpha value is -1.06. The molecule has 1 N–H and O–H groups in total. The molecule has 0 saturated heterocycles. The number of aromatic nitrogens is 1. The van der Waals surface area contributed by atoms with E-state index in [4.69, 9.17) is 0 Å². The summed E-state index contributed by atoms with van der Waals surface area (Å²) in [7, 11) is 0. The van der Waals surface area contributed by atoms with Gasteiger partial charge in [-0.2, -0.15) is 0 Å². The van der Waals surface area contributed by atoms with E-state index in [0.717, 1.165) is 17.6 Å². The number of benzene rings is 1. The van der Waals surface area contributed by atoms with E-state index >= 15 is 0 Å². The average Bonchev–Trinajstić information content (AvgIpc) is 2.84. The third kappa shape index (κ3) is 3.24. The van der Waals surface area contributed by atoms with Crippen LogP contribution in [0.15, 0.2) is 47.2 Å². The van der Waals surface area contributed by atoms with Gasteiger partial charge in [-0.05, 0) is 37.1 Å². The Morgan fingerprint density at radius 3 is 2.72 bits per heavy atom. The maximum atomic E-state index is 3.59. The molecule has 0 aliphatic rings. The van der Waals surface area contributed by atoms with Gasteiger partial charge < -0.3 is 9.88 Å². The third-order valence-corrected chi connectivity index (χ3v) is 3.88. The predicted molar refractivity (Wildman–Crippen MR) is 79.5 cm³/mol. The fraction of sp³-hybridized carbons (Fsp3) is 0.333. The Kier molecular flexibility index (Phi) is 4.61. The van der Waals surface area contributed by atoms with Gasteiger partial charge in [-0.1, -0.05) is 34.1 Å². The summed E-state index contributed by atoms with van der Waals surface area (Å²) in [5, 5.41) is 3.55. The number of rotatable bonds is 5. The van der Waals surface area contributed by atoms with Crippen molar-refractivity contribution in [3.63, 3.8) is 0 Å². The minimum absolute atomic E-state index is 0.338. The molecule has 96 valence electrons. The van der Waals surface area contributed by atoms with E-state index < -0.39 is 0 Å². The highest BCUT2D eigenvalue weighted by molar-refractivity contribution is 9.10. The van der Waals surface area contributed by atoms with E-state index in [2.05, 4.69) is 76.3 Å². The largest absolute Gasteiger partial charge is 0.354 e. The highest BCUT2D eigenvalue weighted by Gasteiger charge is 2.08. The Morgan fingerprint density at radius 1 is 1.28 bits per heavy atom. The Bertz CT molecular complexity index is 505. The second-order valence-electron chi connectivity index (χ2n) is 4.47. The van der Waals surface area contributed by atoms with Gasteiger partial charge in [0.15, 0.2) is 0 Å². The molecule has 0 bridgehead atoms. The first-order chi connectivity index (χ1) is 8.70. The quantitative estimate of drug-likeness (QED) is 0.879. The van der Waals surface area contributed by atoms with Crippen LogP contribution in [0.5, 0.6) is 0 Å². The Morgan fingerprint density at radius 2 is 2.06 bits per heavy atom. The zero-order valence-corrected chi connectivity index (χ0v) is 12.4. The molecular weight excluding hydrogens is 288 g/mol. The summed E-state index contributed by atoms with van der Waals surface area (Å²) in [6, 6.07) is 10.9. The summed E-state index contributed by atoms with van der Waals surface area (Å²) in [6.07, 6.45) is 4.32. The number of hydrogen-bond donors (Lipinski definition) is 1. The highest BCUT2D eigenvalue weighted by atomic mass is 79.9. The first kappa shape index (κ1) is 13.4. The summed E-state index contributed by atoms with van der Waals surface area (Å²) in [5.41, 5.74) is 2.63. The van der Waals surface area contributed by atoms with Crippen LogP contribution in [0.1, 0.15) is 31.0 Å². The SMILES string of the molecule is CCn1ccc(CN[C@H](C)c2ccccc2Br)c1. The average molecular weight is 307 g/mol. The van der Waals surface area contributed by atoms with Crippen molar-refractivity contribution >= 4 is 15.9 Å². The summed E-state index contributed by atoms with van der Waals surface area (Å²) in [4.78, 5) is 0. The smallest absolute Gasteiger partial charge is 0.0306 e. The Balaban J connectivity index is 1.96. The maximum Gasteiger partial charge on any atom is 0.0306 e. The molecule has 1 aromatic carbocycles. The predicted octanol–water partition coefficient (Wildman–Crippen LogP) is 4.12. The number of hydrogen-bond acceptors (Lipinski definition) is 1. The maximum absolute atomic E-state index is 3.59. The standard InChI is InChI=1S/C15H19BrN2/c1-3-18-9-8-13(11-18)10-17-12(2)14-6-4-5-7-15(14)16/h4-9,11-12,17H,3,10H2,1-2H3/t12-/m1/s1. The fourth-order valence-electron chi connectivity index (χ4n) is 2.00. The van der Waals surface area contributed by atoms with Gasteiger partial charge in [-0.3, -0.25) is 0 Å². The second kappa shape index (κ2) is 6.21. The van der Waals surface area contributed by atoms with Crippen molar-refractivity contribution in [1.82, 2.24) is 9.88 Å². The molecule has 0 fully saturated rings. The van der Waals surface area contributed by atoms with E-state index in [0.29, 0.717) is 6.04 Å². The van der Waals surface area contributed by atoms with Gasteiger partial charge in [0, 0.05) is 36.0 Å². The first-order valence-electron chi connectivity index (χ1n) is 6.33. The van der Waals surface area contributed by atoms with Crippen LogP contribution in [0.25, 0.3) is 0 Å². The van der Waals surface area contributed by atoms with Crippen molar-refractivity contribution in [2.45, 2.75) is 33.0 Å². The van der Waals surface area contributed by atoms with Crippen LogP contribution in [0.3, 0.4) is 0 Å². The zero-order chi connectivity index (χ0) is 13.0. The summed E-state index contributed by atoms with van der Waals surface area (Å²) >= 11 is 3.59. The van der Waals surface area contributed by atoms with Gasteiger partial charge in [0.2, 0.25) is 0 Å². The Labute approximate surface area is 117 Å². The molecule has 2 aromatic rings. The molecule has 0 radical (unpaired) electrons. The van der Waals surface area contributed by atoms with Crippen LogP contribution < -0.4 is 5.32 Å². The van der Waals surface area contributed by atoms with E-state index in [1.807, 2.05) is 6.07 Å². The minimum atomic E-state index is 0.338. The lowest BCUT2D eigenvalue weighted by atomic mass is 10.1. The number of nitrogens with zero attached hydrogens (tertiary/aromatic N) is 1. The van der Waals surface area contributed by atoms with Gasteiger partial charge in [-0.15, -0.1) is 0 Å². The van der Waals surface area contributed by atoms with Crippen LogP contribution in [-0.4, -0.2) is 4.57 Å². The molecular formula is C15H19BrN2. The van der Waals surface area contributed by atoms with Crippen molar-refractivity contribution < 1.29 is 0 Å².